The summed E-state index contributed by atoms with van der Waals surface area (Å²) in [5.41, 5.74) is 5.48. The molecule has 20 heavy (non-hydrogen) atoms. The lowest BCUT2D eigenvalue weighted by molar-refractivity contribution is -0.143. The fourth-order valence-corrected chi connectivity index (χ4v) is 2.15. The summed E-state index contributed by atoms with van der Waals surface area (Å²) in [6, 6.07) is -0.167. The second-order valence-corrected chi connectivity index (χ2v) is 5.70. The summed E-state index contributed by atoms with van der Waals surface area (Å²) in [5.74, 6) is -0.139. The van der Waals surface area contributed by atoms with Gasteiger partial charge >= 0.3 is 5.97 Å². The minimum atomic E-state index is -0.167. The third kappa shape index (κ3) is 15.5. The molecule has 0 saturated heterocycles. The van der Waals surface area contributed by atoms with Gasteiger partial charge in [-0.1, -0.05) is 64.7 Å². The zero-order chi connectivity index (χ0) is 15.1. The molecule has 0 rings (SSSR count). The van der Waals surface area contributed by atoms with Gasteiger partial charge in [0.05, 0.1) is 6.61 Å². The van der Waals surface area contributed by atoms with Gasteiger partial charge in [-0.15, -0.1) is 0 Å². The summed E-state index contributed by atoms with van der Waals surface area (Å²) < 4.78 is 5.14. The largest absolute Gasteiger partial charge is 0.466 e. The summed E-state index contributed by atoms with van der Waals surface area (Å²) >= 11 is 0. The van der Waals surface area contributed by atoms with Crippen molar-refractivity contribution in [3.8, 4) is 0 Å². The molecular formula is C17H34NO2. The van der Waals surface area contributed by atoms with Gasteiger partial charge in [-0.05, 0) is 19.8 Å². The average Bonchev–Trinajstić information content (AvgIpc) is 2.42. The summed E-state index contributed by atoms with van der Waals surface area (Å²) in [7, 11) is 0. The van der Waals surface area contributed by atoms with E-state index in [1.165, 1.54) is 51.4 Å². The minimum Gasteiger partial charge on any atom is -0.466 e. The Labute approximate surface area is 125 Å². The first kappa shape index (κ1) is 19.4. The van der Waals surface area contributed by atoms with E-state index in [1.807, 2.05) is 0 Å². The second kappa shape index (κ2) is 14.8. The van der Waals surface area contributed by atoms with Crippen LogP contribution in [0, 0.1) is 6.92 Å². The van der Waals surface area contributed by atoms with Crippen molar-refractivity contribution in [1.82, 2.24) is 0 Å². The first-order chi connectivity index (χ1) is 9.66. The van der Waals surface area contributed by atoms with Crippen molar-refractivity contribution >= 4 is 5.97 Å². The van der Waals surface area contributed by atoms with Crippen molar-refractivity contribution in [3.05, 3.63) is 6.92 Å². The van der Waals surface area contributed by atoms with E-state index in [4.69, 9.17) is 10.5 Å². The number of hydrogen-bond acceptors (Lipinski definition) is 3. The van der Waals surface area contributed by atoms with Crippen LogP contribution in [0.15, 0.2) is 0 Å². The van der Waals surface area contributed by atoms with Crippen molar-refractivity contribution in [2.75, 3.05) is 6.61 Å². The molecule has 0 aliphatic heterocycles. The van der Waals surface area contributed by atoms with Crippen molar-refractivity contribution in [2.45, 2.75) is 90.0 Å². The number of esters is 1. The van der Waals surface area contributed by atoms with Crippen LogP contribution in [-0.4, -0.2) is 18.6 Å². The molecule has 1 atom stereocenters. The number of unbranched alkanes of at least 4 members (excludes halogenated alkanes) is 9. The number of rotatable bonds is 14. The third-order valence-corrected chi connectivity index (χ3v) is 3.48. The molecule has 1 unspecified atom stereocenters. The van der Waals surface area contributed by atoms with Crippen molar-refractivity contribution in [1.29, 1.82) is 0 Å². The summed E-state index contributed by atoms with van der Waals surface area (Å²) in [6.07, 6.45) is 13.9. The fraction of sp³-hybridized carbons (Fsp3) is 0.882. The van der Waals surface area contributed by atoms with E-state index in [1.54, 1.807) is 0 Å². The number of carbonyl (C=O) groups is 1. The van der Waals surface area contributed by atoms with Crippen LogP contribution in [0.4, 0.5) is 0 Å². The SMILES string of the molecule is [CH2]C(N)CCC(=O)OCCCCCCCCCCCC. The lowest BCUT2D eigenvalue weighted by Gasteiger charge is -2.06. The van der Waals surface area contributed by atoms with Crippen LogP contribution in [-0.2, 0) is 9.53 Å². The minimum absolute atomic E-state index is 0.139. The number of carbonyl (C=O) groups excluding carboxylic acids is 1. The highest BCUT2D eigenvalue weighted by Gasteiger charge is 2.04. The van der Waals surface area contributed by atoms with Crippen LogP contribution in [0.2, 0.25) is 0 Å². The molecule has 0 spiro atoms. The van der Waals surface area contributed by atoms with E-state index in [-0.39, 0.29) is 12.0 Å². The van der Waals surface area contributed by atoms with Crippen LogP contribution in [0.25, 0.3) is 0 Å². The number of ether oxygens (including phenoxy) is 1. The standard InChI is InChI=1S/C17H34NO2/c1-3-4-5-6-7-8-9-10-11-12-15-20-17(19)14-13-16(2)18/h16H,2-15,18H2,1H3. The molecule has 0 aromatic rings. The van der Waals surface area contributed by atoms with Crippen LogP contribution < -0.4 is 5.73 Å². The molecule has 0 fully saturated rings. The molecule has 1 radical (unpaired) electrons. The van der Waals surface area contributed by atoms with E-state index in [9.17, 15) is 4.79 Å². The Morgan fingerprint density at radius 1 is 1.00 bits per heavy atom. The van der Waals surface area contributed by atoms with Crippen LogP contribution >= 0.6 is 0 Å². The van der Waals surface area contributed by atoms with Gasteiger partial charge in [-0.3, -0.25) is 4.79 Å². The Hall–Kier alpha value is -0.570. The van der Waals surface area contributed by atoms with Crippen LogP contribution in [0.1, 0.15) is 84.0 Å². The van der Waals surface area contributed by atoms with Crippen LogP contribution in [0.3, 0.4) is 0 Å². The number of nitrogens with two attached hydrogens (primary N) is 1. The molecule has 0 saturated carbocycles. The fourth-order valence-electron chi connectivity index (χ4n) is 2.15. The van der Waals surface area contributed by atoms with Crippen molar-refractivity contribution < 1.29 is 9.53 Å². The molecule has 0 heterocycles. The Kier molecular flexibility index (Phi) is 14.4. The Morgan fingerprint density at radius 3 is 2.00 bits per heavy atom. The highest BCUT2D eigenvalue weighted by atomic mass is 16.5. The maximum atomic E-state index is 11.3. The Balaban J connectivity index is 3.11. The summed E-state index contributed by atoms with van der Waals surface area (Å²) in [6.45, 7) is 6.45. The molecule has 0 aromatic heterocycles. The zero-order valence-electron chi connectivity index (χ0n) is 13.4. The van der Waals surface area contributed by atoms with E-state index < -0.39 is 0 Å². The maximum absolute atomic E-state index is 11.3. The molecule has 3 nitrogen and oxygen atoms in total. The highest BCUT2D eigenvalue weighted by molar-refractivity contribution is 5.69. The molecule has 0 bridgehead atoms. The molecule has 3 heteroatoms. The summed E-state index contributed by atoms with van der Waals surface area (Å²) in [5, 5.41) is 0. The van der Waals surface area contributed by atoms with Gasteiger partial charge in [0.25, 0.3) is 0 Å². The molecular weight excluding hydrogens is 250 g/mol. The van der Waals surface area contributed by atoms with Gasteiger partial charge in [0.15, 0.2) is 0 Å². The third-order valence-electron chi connectivity index (χ3n) is 3.48. The Bertz CT molecular complexity index is 217. The monoisotopic (exact) mass is 284 g/mol. The number of hydrogen-bond donors (Lipinski definition) is 1. The van der Waals surface area contributed by atoms with Gasteiger partial charge in [-0.2, -0.15) is 0 Å². The van der Waals surface area contributed by atoms with Crippen molar-refractivity contribution in [2.24, 2.45) is 5.73 Å². The van der Waals surface area contributed by atoms with Gasteiger partial charge in [0, 0.05) is 12.5 Å². The zero-order valence-corrected chi connectivity index (χ0v) is 13.4. The van der Waals surface area contributed by atoms with Gasteiger partial charge in [0.1, 0.15) is 0 Å². The highest BCUT2D eigenvalue weighted by Crippen LogP contribution is 2.10. The van der Waals surface area contributed by atoms with Gasteiger partial charge in [0.2, 0.25) is 0 Å². The smallest absolute Gasteiger partial charge is 0.305 e. The lowest BCUT2D eigenvalue weighted by atomic mass is 10.1. The van der Waals surface area contributed by atoms with Crippen molar-refractivity contribution in [3.63, 3.8) is 0 Å². The quantitative estimate of drug-likeness (QED) is 0.380. The van der Waals surface area contributed by atoms with E-state index in [0.29, 0.717) is 19.4 Å². The molecule has 0 aromatic carbocycles. The lowest BCUT2D eigenvalue weighted by Crippen LogP contribution is -2.17. The first-order valence-electron chi connectivity index (χ1n) is 8.41. The van der Waals surface area contributed by atoms with Gasteiger partial charge < -0.3 is 10.5 Å². The summed E-state index contributed by atoms with van der Waals surface area (Å²) in [4.78, 5) is 11.3. The van der Waals surface area contributed by atoms with Crippen LogP contribution in [0.5, 0.6) is 0 Å². The Morgan fingerprint density at radius 2 is 1.50 bits per heavy atom. The normalized spacial score (nSPS) is 12.3. The predicted molar refractivity (Wildman–Crippen MR) is 85.4 cm³/mol. The predicted octanol–water partition coefficient (Wildman–Crippen LogP) is 4.39. The topological polar surface area (TPSA) is 52.3 Å². The van der Waals surface area contributed by atoms with Gasteiger partial charge in [-0.25, -0.2) is 0 Å². The van der Waals surface area contributed by atoms with E-state index in [2.05, 4.69) is 13.8 Å². The maximum Gasteiger partial charge on any atom is 0.305 e. The molecule has 0 aliphatic carbocycles. The molecule has 0 aliphatic rings. The first-order valence-corrected chi connectivity index (χ1v) is 8.41. The molecule has 2 N–H and O–H groups in total. The molecule has 0 amide bonds. The van der Waals surface area contributed by atoms with E-state index in [0.717, 1.165) is 12.8 Å². The second-order valence-electron chi connectivity index (χ2n) is 5.70. The van der Waals surface area contributed by atoms with E-state index >= 15 is 0 Å². The molecule has 119 valence electrons. The average molecular weight is 284 g/mol.